The third-order valence-electron chi connectivity index (χ3n) is 3.07. The number of aromatic nitrogens is 2. The summed E-state index contributed by atoms with van der Waals surface area (Å²) in [5, 5.41) is 12.7. The number of nitrogens with one attached hydrogen (secondary N) is 1. The number of aromatic hydroxyl groups is 1. The number of phenols is 1. The van der Waals surface area contributed by atoms with Gasteiger partial charge in [-0.2, -0.15) is 0 Å². The second-order valence-corrected chi connectivity index (χ2v) is 4.53. The minimum atomic E-state index is 0.171. The first-order chi connectivity index (χ1) is 9.31. The van der Waals surface area contributed by atoms with Crippen LogP contribution >= 0.6 is 0 Å². The van der Waals surface area contributed by atoms with Crippen molar-refractivity contribution in [2.75, 3.05) is 6.54 Å². The zero-order valence-electron chi connectivity index (χ0n) is 10.4. The van der Waals surface area contributed by atoms with Crippen LogP contribution in [0.25, 0.3) is 0 Å². The van der Waals surface area contributed by atoms with Crippen LogP contribution in [0.5, 0.6) is 17.2 Å². The van der Waals surface area contributed by atoms with Crippen LogP contribution in [0, 0.1) is 0 Å². The second-order valence-electron chi connectivity index (χ2n) is 4.53. The van der Waals surface area contributed by atoms with Crippen molar-refractivity contribution in [1.82, 2.24) is 15.3 Å². The minimum absolute atomic E-state index is 0.171. The van der Waals surface area contributed by atoms with Crippen molar-refractivity contribution in [2.24, 2.45) is 0 Å². The molecule has 5 heteroatoms. The summed E-state index contributed by atoms with van der Waals surface area (Å²) < 4.78 is 5.57. The third kappa shape index (κ3) is 2.82. The van der Waals surface area contributed by atoms with Crippen molar-refractivity contribution in [2.45, 2.75) is 18.9 Å². The zero-order chi connectivity index (χ0) is 13.1. The molecule has 1 saturated heterocycles. The Morgan fingerprint density at radius 2 is 2.05 bits per heavy atom. The molecule has 0 bridgehead atoms. The summed E-state index contributed by atoms with van der Waals surface area (Å²) in [6.07, 6.45) is 5.56. The summed E-state index contributed by atoms with van der Waals surface area (Å²) in [4.78, 5) is 8.64. The first-order valence-corrected chi connectivity index (χ1v) is 6.33. The molecule has 1 unspecified atom stereocenters. The zero-order valence-corrected chi connectivity index (χ0v) is 10.4. The van der Waals surface area contributed by atoms with E-state index in [2.05, 4.69) is 15.3 Å². The predicted octanol–water partition coefficient (Wildman–Crippen LogP) is 2.40. The van der Waals surface area contributed by atoms with Crippen molar-refractivity contribution in [1.29, 1.82) is 0 Å². The molecule has 0 saturated carbocycles. The number of ether oxygens (including phenoxy) is 1. The molecule has 2 N–H and O–H groups in total. The molecular formula is C14H15N3O2. The number of nitrogens with zero attached hydrogens (tertiary/aromatic N) is 2. The molecule has 2 aromatic rings. The van der Waals surface area contributed by atoms with E-state index in [0.717, 1.165) is 25.2 Å². The summed E-state index contributed by atoms with van der Waals surface area (Å²) in [6, 6.07) is 6.90. The van der Waals surface area contributed by atoms with E-state index in [1.54, 1.807) is 36.7 Å². The molecule has 98 valence electrons. The lowest BCUT2D eigenvalue weighted by molar-refractivity contribution is 0.451. The topological polar surface area (TPSA) is 67.3 Å². The Morgan fingerprint density at radius 3 is 2.74 bits per heavy atom. The molecule has 2 heterocycles. The fourth-order valence-corrected chi connectivity index (χ4v) is 2.15. The first kappa shape index (κ1) is 11.9. The Morgan fingerprint density at radius 1 is 1.21 bits per heavy atom. The summed E-state index contributed by atoms with van der Waals surface area (Å²) in [5.41, 5.74) is 0. The SMILES string of the molecule is Oc1cccc(Oc2cnc(C3CCCN3)nc2)c1. The third-order valence-corrected chi connectivity index (χ3v) is 3.07. The molecular weight excluding hydrogens is 242 g/mol. The molecule has 1 aromatic heterocycles. The molecule has 1 aliphatic rings. The van der Waals surface area contributed by atoms with Crippen LogP contribution in [-0.4, -0.2) is 21.6 Å². The number of rotatable bonds is 3. The van der Waals surface area contributed by atoms with Gasteiger partial charge in [0.15, 0.2) is 5.75 Å². The van der Waals surface area contributed by atoms with Crippen LogP contribution in [-0.2, 0) is 0 Å². The number of hydrogen-bond acceptors (Lipinski definition) is 5. The Kier molecular flexibility index (Phi) is 3.29. The van der Waals surface area contributed by atoms with Gasteiger partial charge in [0.25, 0.3) is 0 Å². The smallest absolute Gasteiger partial charge is 0.164 e. The van der Waals surface area contributed by atoms with Crippen LogP contribution in [0.2, 0.25) is 0 Å². The van der Waals surface area contributed by atoms with Gasteiger partial charge in [-0.3, -0.25) is 0 Å². The fraction of sp³-hybridized carbons (Fsp3) is 0.286. The summed E-state index contributed by atoms with van der Waals surface area (Å²) in [6.45, 7) is 1.02. The summed E-state index contributed by atoms with van der Waals surface area (Å²) in [7, 11) is 0. The van der Waals surface area contributed by atoms with Crippen molar-refractivity contribution in [3.05, 3.63) is 42.5 Å². The van der Waals surface area contributed by atoms with Gasteiger partial charge in [-0.15, -0.1) is 0 Å². The van der Waals surface area contributed by atoms with Crippen LogP contribution in [0.1, 0.15) is 24.7 Å². The number of hydrogen-bond donors (Lipinski definition) is 2. The molecule has 0 radical (unpaired) electrons. The quantitative estimate of drug-likeness (QED) is 0.883. The van der Waals surface area contributed by atoms with Gasteiger partial charge >= 0.3 is 0 Å². The van der Waals surface area contributed by atoms with Gasteiger partial charge in [-0.25, -0.2) is 9.97 Å². The Labute approximate surface area is 111 Å². The largest absolute Gasteiger partial charge is 0.508 e. The fourth-order valence-electron chi connectivity index (χ4n) is 2.15. The number of phenolic OH excluding ortho intramolecular Hbond substituents is 1. The maximum atomic E-state index is 9.36. The Balaban J connectivity index is 1.72. The van der Waals surface area contributed by atoms with Crippen LogP contribution in [0.3, 0.4) is 0 Å². The van der Waals surface area contributed by atoms with E-state index in [9.17, 15) is 5.11 Å². The van der Waals surface area contributed by atoms with Crippen LogP contribution in [0.4, 0.5) is 0 Å². The van der Waals surface area contributed by atoms with Crippen molar-refractivity contribution in [3.63, 3.8) is 0 Å². The molecule has 5 nitrogen and oxygen atoms in total. The molecule has 0 spiro atoms. The molecule has 1 aromatic carbocycles. The van der Waals surface area contributed by atoms with Gasteiger partial charge < -0.3 is 15.2 Å². The maximum absolute atomic E-state index is 9.36. The normalized spacial score (nSPS) is 18.4. The second kappa shape index (κ2) is 5.24. The molecule has 3 rings (SSSR count). The van der Waals surface area contributed by atoms with E-state index in [1.165, 1.54) is 0 Å². The van der Waals surface area contributed by atoms with Gasteiger partial charge in [0.1, 0.15) is 17.3 Å². The molecule has 19 heavy (non-hydrogen) atoms. The van der Waals surface area contributed by atoms with Crippen LogP contribution in [0.15, 0.2) is 36.7 Å². The van der Waals surface area contributed by atoms with Gasteiger partial charge in [-0.05, 0) is 31.5 Å². The van der Waals surface area contributed by atoms with Gasteiger partial charge in [-0.1, -0.05) is 6.07 Å². The molecule has 1 aliphatic heterocycles. The molecule has 1 fully saturated rings. The number of benzene rings is 1. The average Bonchev–Trinajstić information content (AvgIpc) is 2.94. The molecule has 0 aliphatic carbocycles. The van der Waals surface area contributed by atoms with E-state index in [-0.39, 0.29) is 11.8 Å². The van der Waals surface area contributed by atoms with E-state index in [1.807, 2.05) is 0 Å². The van der Waals surface area contributed by atoms with E-state index in [0.29, 0.717) is 11.5 Å². The van der Waals surface area contributed by atoms with Gasteiger partial charge in [0.2, 0.25) is 0 Å². The van der Waals surface area contributed by atoms with Gasteiger partial charge in [0, 0.05) is 6.07 Å². The van der Waals surface area contributed by atoms with E-state index >= 15 is 0 Å². The highest BCUT2D eigenvalue weighted by Crippen LogP contribution is 2.25. The molecule has 0 amide bonds. The standard InChI is InChI=1S/C14H15N3O2/c18-10-3-1-4-11(7-10)19-12-8-16-14(17-9-12)13-5-2-6-15-13/h1,3-4,7-9,13,15,18H,2,5-6H2. The van der Waals surface area contributed by atoms with Crippen molar-refractivity contribution < 1.29 is 9.84 Å². The molecule has 1 atom stereocenters. The highest BCUT2D eigenvalue weighted by molar-refractivity contribution is 5.34. The van der Waals surface area contributed by atoms with E-state index < -0.39 is 0 Å². The highest BCUT2D eigenvalue weighted by Gasteiger charge is 2.18. The van der Waals surface area contributed by atoms with Crippen molar-refractivity contribution >= 4 is 0 Å². The maximum Gasteiger partial charge on any atom is 0.164 e. The highest BCUT2D eigenvalue weighted by atomic mass is 16.5. The van der Waals surface area contributed by atoms with Crippen LogP contribution < -0.4 is 10.1 Å². The average molecular weight is 257 g/mol. The lowest BCUT2D eigenvalue weighted by Gasteiger charge is -2.09. The predicted molar refractivity (Wildman–Crippen MR) is 70.2 cm³/mol. The van der Waals surface area contributed by atoms with Crippen molar-refractivity contribution in [3.8, 4) is 17.2 Å². The monoisotopic (exact) mass is 257 g/mol. The summed E-state index contributed by atoms with van der Waals surface area (Å²) >= 11 is 0. The lowest BCUT2D eigenvalue weighted by atomic mass is 10.2. The lowest BCUT2D eigenvalue weighted by Crippen LogP contribution is -2.15. The minimum Gasteiger partial charge on any atom is -0.508 e. The first-order valence-electron chi connectivity index (χ1n) is 6.33. The summed E-state index contributed by atoms with van der Waals surface area (Å²) in [5.74, 6) is 2.11. The van der Waals surface area contributed by atoms with E-state index in [4.69, 9.17) is 4.74 Å². The Hall–Kier alpha value is -2.14. The Bertz CT molecular complexity index is 551. The van der Waals surface area contributed by atoms with Gasteiger partial charge in [0.05, 0.1) is 18.4 Å².